The Morgan fingerprint density at radius 1 is 0.320 bits per heavy atom. The maximum Gasteiger partial charge on any atom is -1.00 e. The van der Waals surface area contributed by atoms with Gasteiger partial charge in [-0.05, 0) is 27.7 Å². The van der Waals surface area contributed by atoms with Crippen LogP contribution in [0, 0.1) is 55.4 Å². The van der Waals surface area contributed by atoms with Crippen LogP contribution in [0.1, 0.15) is 44.5 Å². The zero-order chi connectivity index (χ0) is 35.4. The molecule has 8 aromatic rings. The van der Waals surface area contributed by atoms with Gasteiger partial charge in [-0.15, -0.1) is 116 Å². The topological polar surface area (TPSA) is 0 Å². The third-order valence-electron chi connectivity index (χ3n) is 8.85. The fourth-order valence-corrected chi connectivity index (χ4v) is 6.66. The molecule has 0 bridgehead atoms. The molecule has 0 unspecified atom stereocenters. The normalized spacial score (nSPS) is 9.68. The molecule has 0 radical (unpaired) electrons. The van der Waals surface area contributed by atoms with E-state index in [9.17, 15) is 0 Å². The number of benzene rings is 4. The second-order valence-electron chi connectivity index (χ2n) is 12.2. The van der Waals surface area contributed by atoms with E-state index in [2.05, 4.69) is 186 Å². The van der Waals surface area contributed by atoms with Crippen molar-refractivity contribution >= 4 is 52.7 Å². The summed E-state index contributed by atoms with van der Waals surface area (Å²) in [5, 5.41) is 11.1. The van der Waals surface area contributed by atoms with Crippen molar-refractivity contribution in [3.8, 4) is 0 Å². The SMILES string of the molecule is Cc1cccc2[cH-]cc(C)c12.Cc1cccc2[cH-]cc(C)c12.Cc1cccc2[cH-]cc(C)c12.Cc1cccc2[cH-]cc(C)c12.[CH2]=[Ti+2].[CH2]=[Ti+2].[Cl-].[Cl-]. The second-order valence-corrected chi connectivity index (χ2v) is 12.2. The van der Waals surface area contributed by atoms with Gasteiger partial charge in [0.05, 0.1) is 0 Å². The van der Waals surface area contributed by atoms with E-state index in [0.717, 1.165) is 0 Å². The zero-order valence-corrected chi connectivity index (χ0v) is 35.4. The van der Waals surface area contributed by atoms with Crippen molar-refractivity contribution in [2.45, 2.75) is 55.4 Å². The van der Waals surface area contributed by atoms with E-state index >= 15 is 0 Å². The zero-order valence-electron chi connectivity index (χ0n) is 30.7. The summed E-state index contributed by atoms with van der Waals surface area (Å²) >= 11 is 3.50. The van der Waals surface area contributed by atoms with Crippen LogP contribution in [-0.2, 0) is 39.9 Å². The van der Waals surface area contributed by atoms with Gasteiger partial charge in [-0.3, -0.25) is 0 Å². The molecule has 0 aliphatic heterocycles. The summed E-state index contributed by atoms with van der Waals surface area (Å²) in [6.07, 6.45) is 0. The van der Waals surface area contributed by atoms with Gasteiger partial charge in [0.25, 0.3) is 0 Å². The molecule has 0 N–H and O–H groups in total. The van der Waals surface area contributed by atoms with Gasteiger partial charge in [0.15, 0.2) is 0 Å². The third kappa shape index (κ3) is 11.0. The molecule has 0 spiro atoms. The van der Waals surface area contributed by atoms with Gasteiger partial charge in [-0.2, -0.15) is 46.5 Å². The largest absolute Gasteiger partial charge is 1.00 e. The molecular weight excluding hydrogens is 719 g/mol. The summed E-state index contributed by atoms with van der Waals surface area (Å²) in [6.45, 7) is 17.3. The van der Waals surface area contributed by atoms with Gasteiger partial charge in [0.2, 0.25) is 0 Å². The quantitative estimate of drug-likeness (QED) is 0.120. The molecule has 8 aromatic carbocycles. The Labute approximate surface area is 336 Å². The summed E-state index contributed by atoms with van der Waals surface area (Å²) in [4.78, 5) is 6.50. The fourth-order valence-electron chi connectivity index (χ4n) is 6.66. The van der Waals surface area contributed by atoms with Gasteiger partial charge in [-0.25, -0.2) is 0 Å². The van der Waals surface area contributed by atoms with Crippen LogP contribution in [0.5, 0.6) is 0 Å². The first-order chi connectivity index (χ1) is 23.2. The maximum absolute atomic E-state index is 3.25. The molecule has 50 heavy (non-hydrogen) atoms. The molecule has 0 nitrogen and oxygen atoms in total. The van der Waals surface area contributed by atoms with Crippen molar-refractivity contribution < 1.29 is 64.8 Å². The van der Waals surface area contributed by atoms with E-state index < -0.39 is 0 Å². The minimum Gasteiger partial charge on any atom is -1.00 e. The van der Waals surface area contributed by atoms with E-state index in [-0.39, 0.29) is 24.8 Å². The van der Waals surface area contributed by atoms with Crippen LogP contribution in [0.2, 0.25) is 0 Å². The van der Waals surface area contributed by atoms with Crippen LogP contribution >= 0.6 is 0 Å². The molecule has 0 atom stereocenters. The molecular formula is C46H48Cl2Ti2-2. The monoisotopic (exact) mass is 766 g/mol. The van der Waals surface area contributed by atoms with E-state index in [0.29, 0.717) is 0 Å². The molecule has 256 valence electrons. The van der Waals surface area contributed by atoms with Crippen molar-refractivity contribution in [3.63, 3.8) is 0 Å². The smallest absolute Gasteiger partial charge is 1.00 e. The van der Waals surface area contributed by atoms with Crippen molar-refractivity contribution in [1.82, 2.24) is 0 Å². The minimum atomic E-state index is 0. The molecule has 0 heterocycles. The molecule has 0 aliphatic carbocycles. The molecule has 0 saturated heterocycles. The van der Waals surface area contributed by atoms with Gasteiger partial charge in [0.1, 0.15) is 0 Å². The number of hydrogen-bond acceptors (Lipinski definition) is 0. The summed E-state index contributed by atoms with van der Waals surface area (Å²) in [6, 6.07) is 43.2. The number of hydrogen-bond donors (Lipinski definition) is 0. The number of rotatable bonds is 0. The van der Waals surface area contributed by atoms with Crippen LogP contribution in [-0.4, -0.2) is 9.63 Å². The molecule has 0 fully saturated rings. The number of halogens is 2. The van der Waals surface area contributed by atoms with Crippen molar-refractivity contribution in [1.29, 1.82) is 0 Å². The van der Waals surface area contributed by atoms with Gasteiger partial charge in [-0.1, -0.05) is 74.2 Å². The first-order valence-corrected chi connectivity index (χ1v) is 18.5. The number of aryl methyl sites for hydroxylation is 8. The first-order valence-electron chi connectivity index (χ1n) is 16.3. The average molecular weight is 768 g/mol. The fraction of sp³-hybridized carbons (Fsp3) is 0.174. The van der Waals surface area contributed by atoms with Crippen LogP contribution < -0.4 is 24.8 Å². The van der Waals surface area contributed by atoms with E-state index in [1.54, 1.807) is 39.9 Å². The maximum atomic E-state index is 3.25. The van der Waals surface area contributed by atoms with Crippen LogP contribution in [0.3, 0.4) is 0 Å². The van der Waals surface area contributed by atoms with Crippen LogP contribution in [0.25, 0.3) is 43.1 Å². The van der Waals surface area contributed by atoms with Crippen LogP contribution in [0.4, 0.5) is 0 Å². The minimum absolute atomic E-state index is 0. The Balaban J connectivity index is 0.000000318. The molecule has 8 rings (SSSR count). The Morgan fingerprint density at radius 3 is 0.660 bits per heavy atom. The molecule has 0 amide bonds. The Kier molecular flexibility index (Phi) is 19.9. The summed E-state index contributed by atoms with van der Waals surface area (Å²) < 4.78 is 0. The Bertz CT molecular complexity index is 1890. The van der Waals surface area contributed by atoms with Crippen LogP contribution in [0.15, 0.2) is 121 Å². The van der Waals surface area contributed by atoms with Crippen molar-refractivity contribution in [2.24, 2.45) is 0 Å². The summed E-state index contributed by atoms with van der Waals surface area (Å²) in [5.41, 5.74) is 11.1. The van der Waals surface area contributed by atoms with E-state index in [1.165, 1.54) is 87.6 Å². The van der Waals surface area contributed by atoms with Gasteiger partial charge in [0, 0.05) is 0 Å². The summed E-state index contributed by atoms with van der Waals surface area (Å²) in [5.74, 6) is 0. The van der Waals surface area contributed by atoms with E-state index in [4.69, 9.17) is 0 Å². The standard InChI is InChI=1S/4C11H11.2CH2.2ClH.2Ti/c4*1-8-4-3-5-10-7-6-9(2)11(8)10;;;;;;/h4*3-7H,1-2H3;2*1H2;2*1H;;/q4*-1;;;;;2*+2/p-2. The molecule has 4 heteroatoms. The Hall–Kier alpha value is -2.93. The predicted octanol–water partition coefficient (Wildman–Crippen LogP) is 6.64. The number of fused-ring (bicyclic) bond motifs is 4. The molecule has 0 aliphatic rings. The Morgan fingerprint density at radius 2 is 0.500 bits per heavy atom. The first kappa shape index (κ1) is 45.1. The van der Waals surface area contributed by atoms with Gasteiger partial charge >= 0.3 is 49.6 Å². The summed E-state index contributed by atoms with van der Waals surface area (Å²) in [7, 11) is 0. The van der Waals surface area contributed by atoms with Crippen molar-refractivity contribution in [3.05, 3.63) is 166 Å². The van der Waals surface area contributed by atoms with E-state index in [1.807, 2.05) is 0 Å². The third-order valence-corrected chi connectivity index (χ3v) is 8.85. The van der Waals surface area contributed by atoms with Crippen molar-refractivity contribution in [2.75, 3.05) is 0 Å². The second kappa shape index (κ2) is 22.1. The predicted molar refractivity (Wildman–Crippen MR) is 210 cm³/mol. The average Bonchev–Trinajstić information content (AvgIpc) is 3.88. The molecule has 0 aromatic heterocycles. The van der Waals surface area contributed by atoms with Gasteiger partial charge < -0.3 is 24.8 Å². The molecule has 0 saturated carbocycles.